The monoisotopic (exact) mass is 231 g/mol. The molecule has 1 N–H and O–H groups in total. The van der Waals surface area contributed by atoms with Crippen LogP contribution in [0.15, 0.2) is 16.7 Å². The lowest BCUT2D eigenvalue weighted by Gasteiger charge is -2.14. The first kappa shape index (κ1) is 12.1. The molecule has 0 aliphatic carbocycles. The van der Waals surface area contributed by atoms with Crippen molar-refractivity contribution < 1.29 is 13.9 Å². The van der Waals surface area contributed by atoms with Gasteiger partial charge in [-0.25, -0.2) is 0 Å². The SMILES string of the molecule is COCC(CCl)NC(=O)c1ccoc1C. The van der Waals surface area contributed by atoms with Crippen molar-refractivity contribution in [1.82, 2.24) is 5.32 Å². The van der Waals surface area contributed by atoms with E-state index in [4.69, 9.17) is 20.8 Å². The minimum absolute atomic E-state index is 0.182. The maximum atomic E-state index is 11.7. The lowest BCUT2D eigenvalue weighted by atomic mass is 10.2. The molecule has 4 nitrogen and oxygen atoms in total. The number of nitrogens with one attached hydrogen (secondary N) is 1. The molecule has 1 heterocycles. The molecule has 84 valence electrons. The van der Waals surface area contributed by atoms with Crippen molar-refractivity contribution >= 4 is 17.5 Å². The predicted molar refractivity (Wildman–Crippen MR) is 57.3 cm³/mol. The van der Waals surface area contributed by atoms with Gasteiger partial charge in [0.15, 0.2) is 0 Å². The molecule has 0 radical (unpaired) electrons. The Labute approximate surface area is 93.5 Å². The summed E-state index contributed by atoms with van der Waals surface area (Å²) < 4.78 is 9.96. The van der Waals surface area contributed by atoms with Gasteiger partial charge in [-0.15, -0.1) is 11.6 Å². The van der Waals surface area contributed by atoms with Crippen molar-refractivity contribution in [2.24, 2.45) is 0 Å². The van der Waals surface area contributed by atoms with Crippen LogP contribution in [0, 0.1) is 6.92 Å². The quantitative estimate of drug-likeness (QED) is 0.783. The van der Waals surface area contributed by atoms with Crippen LogP contribution in [-0.2, 0) is 4.74 Å². The summed E-state index contributed by atoms with van der Waals surface area (Å²) >= 11 is 5.67. The van der Waals surface area contributed by atoms with Gasteiger partial charge in [-0.1, -0.05) is 0 Å². The highest BCUT2D eigenvalue weighted by atomic mass is 35.5. The third-order valence-electron chi connectivity index (χ3n) is 1.99. The van der Waals surface area contributed by atoms with Crippen molar-refractivity contribution in [3.05, 3.63) is 23.7 Å². The topological polar surface area (TPSA) is 51.5 Å². The molecule has 15 heavy (non-hydrogen) atoms. The average Bonchev–Trinajstić information content (AvgIpc) is 2.63. The number of aryl methyl sites for hydroxylation is 1. The van der Waals surface area contributed by atoms with Gasteiger partial charge >= 0.3 is 0 Å². The molecule has 0 aliphatic rings. The standard InChI is InChI=1S/C10H14ClNO3/c1-7-9(3-4-15-7)10(13)12-8(5-11)6-14-2/h3-4,8H,5-6H2,1-2H3,(H,12,13). The van der Waals surface area contributed by atoms with Crippen molar-refractivity contribution in [3.63, 3.8) is 0 Å². The summed E-state index contributed by atoms with van der Waals surface area (Å²) in [6.45, 7) is 2.13. The lowest BCUT2D eigenvalue weighted by molar-refractivity contribution is 0.0905. The Morgan fingerprint density at radius 2 is 2.47 bits per heavy atom. The number of halogens is 1. The number of carbonyl (C=O) groups excluding carboxylic acids is 1. The van der Waals surface area contributed by atoms with Gasteiger partial charge < -0.3 is 14.5 Å². The van der Waals surface area contributed by atoms with Gasteiger partial charge in [0.1, 0.15) is 5.76 Å². The third-order valence-corrected chi connectivity index (χ3v) is 2.37. The summed E-state index contributed by atoms with van der Waals surface area (Å²) in [5.41, 5.74) is 0.529. The van der Waals surface area contributed by atoms with Gasteiger partial charge in [0.2, 0.25) is 0 Å². The summed E-state index contributed by atoms with van der Waals surface area (Å²) in [6, 6.07) is 1.45. The molecule has 1 amide bonds. The number of carbonyl (C=O) groups is 1. The number of ether oxygens (including phenoxy) is 1. The fraction of sp³-hybridized carbons (Fsp3) is 0.500. The maximum Gasteiger partial charge on any atom is 0.255 e. The number of amides is 1. The number of hydrogen-bond donors (Lipinski definition) is 1. The molecule has 1 unspecified atom stereocenters. The fourth-order valence-corrected chi connectivity index (χ4v) is 1.38. The minimum atomic E-state index is -0.191. The molecule has 0 saturated carbocycles. The molecule has 0 fully saturated rings. The Balaban J connectivity index is 2.58. The third kappa shape index (κ3) is 3.25. The van der Waals surface area contributed by atoms with Crippen LogP contribution in [0.4, 0.5) is 0 Å². The second kappa shape index (κ2) is 5.78. The minimum Gasteiger partial charge on any atom is -0.469 e. The smallest absolute Gasteiger partial charge is 0.255 e. The number of furan rings is 1. The van der Waals surface area contributed by atoms with Gasteiger partial charge in [0, 0.05) is 13.0 Å². The highest BCUT2D eigenvalue weighted by molar-refractivity contribution is 6.18. The number of alkyl halides is 1. The summed E-state index contributed by atoms with van der Waals surface area (Å²) in [7, 11) is 1.56. The van der Waals surface area contributed by atoms with Crippen LogP contribution >= 0.6 is 11.6 Å². The van der Waals surface area contributed by atoms with Crippen molar-refractivity contribution in [2.75, 3.05) is 19.6 Å². The van der Waals surface area contributed by atoms with Gasteiger partial charge in [0.05, 0.1) is 24.5 Å². The van der Waals surface area contributed by atoms with E-state index in [-0.39, 0.29) is 11.9 Å². The number of methoxy groups -OCH3 is 1. The van der Waals surface area contributed by atoms with E-state index in [1.807, 2.05) is 0 Å². The van der Waals surface area contributed by atoms with Gasteiger partial charge in [-0.05, 0) is 13.0 Å². The van der Waals surface area contributed by atoms with Crippen LogP contribution in [0.2, 0.25) is 0 Å². The van der Waals surface area contributed by atoms with E-state index in [9.17, 15) is 4.79 Å². The summed E-state index contributed by atoms with van der Waals surface area (Å²) in [4.78, 5) is 11.7. The number of rotatable bonds is 5. The molecular weight excluding hydrogens is 218 g/mol. The Morgan fingerprint density at radius 1 is 1.73 bits per heavy atom. The van der Waals surface area contributed by atoms with Crippen molar-refractivity contribution in [1.29, 1.82) is 0 Å². The highest BCUT2D eigenvalue weighted by Crippen LogP contribution is 2.08. The normalized spacial score (nSPS) is 12.5. The van der Waals surface area contributed by atoms with Crippen molar-refractivity contribution in [2.45, 2.75) is 13.0 Å². The molecule has 0 bridgehead atoms. The summed E-state index contributed by atoms with van der Waals surface area (Å²) in [5.74, 6) is 0.721. The molecule has 1 atom stereocenters. The molecule has 5 heteroatoms. The fourth-order valence-electron chi connectivity index (χ4n) is 1.21. The molecule has 0 aliphatic heterocycles. The van der Waals surface area contributed by atoms with E-state index >= 15 is 0 Å². The molecule has 1 rings (SSSR count). The zero-order valence-electron chi connectivity index (χ0n) is 8.75. The Bertz CT molecular complexity index is 324. The molecule has 1 aromatic rings. The van der Waals surface area contributed by atoms with E-state index in [1.165, 1.54) is 6.26 Å². The van der Waals surface area contributed by atoms with E-state index in [0.29, 0.717) is 23.8 Å². The van der Waals surface area contributed by atoms with Crippen LogP contribution in [0.3, 0.4) is 0 Å². The zero-order chi connectivity index (χ0) is 11.3. The first-order valence-corrected chi connectivity index (χ1v) is 5.12. The highest BCUT2D eigenvalue weighted by Gasteiger charge is 2.15. The predicted octanol–water partition coefficient (Wildman–Crippen LogP) is 1.57. The maximum absolute atomic E-state index is 11.7. The van der Waals surface area contributed by atoms with E-state index in [1.54, 1.807) is 20.1 Å². The van der Waals surface area contributed by atoms with Crippen LogP contribution in [0.25, 0.3) is 0 Å². The van der Waals surface area contributed by atoms with E-state index in [2.05, 4.69) is 5.32 Å². The van der Waals surface area contributed by atoms with Crippen LogP contribution < -0.4 is 5.32 Å². The zero-order valence-corrected chi connectivity index (χ0v) is 9.50. The second-order valence-electron chi connectivity index (χ2n) is 3.17. The summed E-state index contributed by atoms with van der Waals surface area (Å²) in [6.07, 6.45) is 1.48. The second-order valence-corrected chi connectivity index (χ2v) is 3.48. The molecule has 0 spiro atoms. The van der Waals surface area contributed by atoms with E-state index in [0.717, 1.165) is 0 Å². The van der Waals surface area contributed by atoms with E-state index < -0.39 is 0 Å². The Hall–Kier alpha value is -1.00. The first-order valence-electron chi connectivity index (χ1n) is 4.59. The van der Waals surface area contributed by atoms with Crippen LogP contribution in [-0.4, -0.2) is 31.5 Å². The van der Waals surface area contributed by atoms with Gasteiger partial charge in [0.25, 0.3) is 5.91 Å². The average molecular weight is 232 g/mol. The Kier molecular flexibility index (Phi) is 4.65. The number of hydrogen-bond acceptors (Lipinski definition) is 3. The van der Waals surface area contributed by atoms with Gasteiger partial charge in [-0.3, -0.25) is 4.79 Å². The largest absolute Gasteiger partial charge is 0.469 e. The molecule has 1 aromatic heterocycles. The van der Waals surface area contributed by atoms with Crippen LogP contribution in [0.1, 0.15) is 16.1 Å². The summed E-state index contributed by atoms with van der Waals surface area (Å²) in [5, 5.41) is 2.75. The molecule has 0 saturated heterocycles. The molecular formula is C10H14ClNO3. The van der Waals surface area contributed by atoms with Crippen LogP contribution in [0.5, 0.6) is 0 Å². The Morgan fingerprint density at radius 3 is 2.93 bits per heavy atom. The molecule has 0 aromatic carbocycles. The lowest BCUT2D eigenvalue weighted by Crippen LogP contribution is -2.39. The van der Waals surface area contributed by atoms with Gasteiger partial charge in [-0.2, -0.15) is 0 Å². The first-order chi connectivity index (χ1) is 7.19. The van der Waals surface area contributed by atoms with Crippen molar-refractivity contribution in [3.8, 4) is 0 Å².